The zero-order valence-corrected chi connectivity index (χ0v) is 17.0. The van der Waals surface area contributed by atoms with E-state index < -0.39 is 12.0 Å². The Hall–Kier alpha value is -3.64. The van der Waals surface area contributed by atoms with Crippen LogP contribution in [0.4, 0.5) is 4.39 Å². The Morgan fingerprint density at radius 1 is 1.13 bits per heavy atom. The number of carboxylic acids is 1. The van der Waals surface area contributed by atoms with Gasteiger partial charge >= 0.3 is 5.97 Å². The molecule has 4 aromatic rings. The molecule has 1 atom stereocenters. The molecule has 0 aliphatic heterocycles. The van der Waals surface area contributed by atoms with Gasteiger partial charge in [0.2, 0.25) is 0 Å². The van der Waals surface area contributed by atoms with Crippen molar-refractivity contribution in [3.63, 3.8) is 0 Å². The number of carbonyl (C=O) groups is 1. The van der Waals surface area contributed by atoms with Crippen LogP contribution in [0.1, 0.15) is 29.7 Å². The molecular weight excluding hydrogens is 397 g/mol. The quantitative estimate of drug-likeness (QED) is 0.415. The summed E-state index contributed by atoms with van der Waals surface area (Å²) in [7, 11) is 0. The average Bonchev–Trinajstić information content (AvgIpc) is 3.21. The fourth-order valence-electron chi connectivity index (χ4n) is 3.65. The predicted molar refractivity (Wildman–Crippen MR) is 116 cm³/mol. The number of ether oxygens (including phenoxy) is 1. The van der Waals surface area contributed by atoms with Gasteiger partial charge in [0.05, 0.1) is 12.7 Å². The second-order valence-corrected chi connectivity index (χ2v) is 7.45. The largest absolute Gasteiger partial charge is 0.489 e. The van der Waals surface area contributed by atoms with Crippen LogP contribution in [0, 0.1) is 5.82 Å². The van der Waals surface area contributed by atoms with Gasteiger partial charge in [0.1, 0.15) is 23.8 Å². The molecule has 5 nitrogen and oxygen atoms in total. The van der Waals surface area contributed by atoms with Crippen LogP contribution in [0.5, 0.6) is 5.75 Å². The van der Waals surface area contributed by atoms with Gasteiger partial charge in [-0.05, 0) is 36.8 Å². The lowest BCUT2D eigenvalue weighted by molar-refractivity contribution is -0.136. The van der Waals surface area contributed by atoms with E-state index in [9.17, 15) is 4.79 Å². The maximum atomic E-state index is 15.2. The Bertz CT molecular complexity index is 1250. The van der Waals surface area contributed by atoms with Crippen LogP contribution in [-0.4, -0.2) is 11.1 Å². The first kappa shape index (κ1) is 20.6. The molecule has 0 bridgehead atoms. The Morgan fingerprint density at radius 2 is 1.94 bits per heavy atom. The first-order valence-electron chi connectivity index (χ1n) is 9.91. The smallest absolute Gasteiger partial charge is 0.307 e. The van der Waals surface area contributed by atoms with Crippen molar-refractivity contribution >= 4 is 16.9 Å². The lowest BCUT2D eigenvalue weighted by Gasteiger charge is -2.14. The number of fused-ring (bicyclic) bond motifs is 1. The number of aliphatic carboxylic acids is 1. The second-order valence-electron chi connectivity index (χ2n) is 7.45. The van der Waals surface area contributed by atoms with Crippen molar-refractivity contribution in [2.75, 3.05) is 0 Å². The van der Waals surface area contributed by atoms with Gasteiger partial charge in [0.15, 0.2) is 0 Å². The van der Waals surface area contributed by atoms with Crippen LogP contribution in [-0.2, 0) is 17.8 Å². The lowest BCUT2D eigenvalue weighted by atomic mass is 9.96. The zero-order valence-electron chi connectivity index (χ0n) is 17.0. The first-order valence-corrected chi connectivity index (χ1v) is 9.91. The molecule has 0 aliphatic rings. The van der Waals surface area contributed by atoms with Gasteiger partial charge < -0.3 is 20.0 Å². The van der Waals surface area contributed by atoms with Gasteiger partial charge in [0, 0.05) is 33.7 Å². The van der Waals surface area contributed by atoms with Crippen molar-refractivity contribution in [3.8, 4) is 16.9 Å². The highest BCUT2D eigenvalue weighted by molar-refractivity contribution is 5.93. The van der Waals surface area contributed by atoms with Crippen molar-refractivity contribution in [2.24, 2.45) is 5.73 Å². The number of para-hydroxylation sites is 1. The summed E-state index contributed by atoms with van der Waals surface area (Å²) in [5.41, 5.74) is 9.35. The third kappa shape index (κ3) is 4.29. The van der Waals surface area contributed by atoms with Crippen LogP contribution in [0.25, 0.3) is 22.1 Å². The molecule has 1 heterocycles. The summed E-state index contributed by atoms with van der Waals surface area (Å²) in [6, 6.07) is 17.3. The highest BCUT2D eigenvalue weighted by Crippen LogP contribution is 2.35. The summed E-state index contributed by atoms with van der Waals surface area (Å²) >= 11 is 0. The van der Waals surface area contributed by atoms with Gasteiger partial charge in [0.25, 0.3) is 0 Å². The number of benzene rings is 3. The predicted octanol–water partition coefficient (Wildman–Crippen LogP) is 5.46. The topological polar surface area (TPSA) is 85.7 Å². The summed E-state index contributed by atoms with van der Waals surface area (Å²) in [4.78, 5) is 11.1. The molecule has 0 saturated carbocycles. The number of hydrogen-bond acceptors (Lipinski definition) is 4. The van der Waals surface area contributed by atoms with Crippen molar-refractivity contribution in [2.45, 2.75) is 26.0 Å². The van der Waals surface area contributed by atoms with Crippen molar-refractivity contribution in [3.05, 3.63) is 89.4 Å². The fourth-order valence-corrected chi connectivity index (χ4v) is 3.65. The molecule has 4 rings (SSSR count). The molecule has 0 unspecified atom stereocenters. The number of halogens is 1. The van der Waals surface area contributed by atoms with Crippen molar-refractivity contribution in [1.82, 2.24) is 0 Å². The third-order valence-electron chi connectivity index (χ3n) is 5.13. The number of rotatable bonds is 7. The molecule has 3 N–H and O–H groups in total. The molecule has 0 radical (unpaired) electrons. The Morgan fingerprint density at radius 3 is 2.71 bits per heavy atom. The van der Waals surface area contributed by atoms with Gasteiger partial charge in [-0.15, -0.1) is 0 Å². The average molecular weight is 419 g/mol. The van der Waals surface area contributed by atoms with Gasteiger partial charge in [-0.1, -0.05) is 36.4 Å². The summed E-state index contributed by atoms with van der Waals surface area (Å²) in [5.74, 6) is -0.799. The SMILES string of the molecule is C[C@@H](N)c1cccc(-c2cc(COc3ccccc3CC(=O)O)cc3ccoc23)c1F. The lowest BCUT2D eigenvalue weighted by Crippen LogP contribution is -2.08. The van der Waals surface area contributed by atoms with E-state index in [1.165, 1.54) is 0 Å². The Labute approximate surface area is 178 Å². The molecule has 31 heavy (non-hydrogen) atoms. The number of hydrogen-bond donors (Lipinski definition) is 2. The molecule has 0 spiro atoms. The molecule has 0 fully saturated rings. The van der Waals surface area contributed by atoms with E-state index in [1.54, 1.807) is 55.7 Å². The molecule has 1 aromatic heterocycles. The van der Waals surface area contributed by atoms with E-state index >= 15 is 4.39 Å². The molecule has 0 saturated heterocycles. The molecular formula is C25H22FNO4. The van der Waals surface area contributed by atoms with Crippen molar-refractivity contribution < 1.29 is 23.4 Å². The standard InChI is InChI=1S/C25H22FNO4/c1-15(27)19-6-4-7-20(24(19)26)21-12-16(11-18-9-10-30-25(18)21)14-31-22-8-3-2-5-17(22)13-23(28)29/h2-12,15H,13-14,27H2,1H3,(H,28,29)/t15-/m1/s1. The molecule has 0 amide bonds. The van der Waals surface area contributed by atoms with Crippen molar-refractivity contribution in [1.29, 1.82) is 0 Å². The summed E-state index contributed by atoms with van der Waals surface area (Å²) < 4.78 is 26.8. The fraction of sp³-hybridized carbons (Fsp3) is 0.160. The first-order chi connectivity index (χ1) is 14.9. The molecule has 0 aliphatic carbocycles. The van der Waals surface area contributed by atoms with E-state index in [-0.39, 0.29) is 18.8 Å². The summed E-state index contributed by atoms with van der Waals surface area (Å²) in [6.07, 6.45) is 1.44. The normalized spacial score (nSPS) is 12.1. The van der Waals surface area contributed by atoms with E-state index in [1.807, 2.05) is 18.2 Å². The Balaban J connectivity index is 1.71. The third-order valence-corrected chi connectivity index (χ3v) is 5.13. The van der Waals surface area contributed by atoms with Crippen LogP contribution >= 0.6 is 0 Å². The monoisotopic (exact) mass is 419 g/mol. The van der Waals surface area contributed by atoms with Gasteiger partial charge in [-0.25, -0.2) is 4.39 Å². The van der Waals surface area contributed by atoms with E-state index in [0.717, 1.165) is 10.9 Å². The number of nitrogens with two attached hydrogens (primary N) is 1. The maximum absolute atomic E-state index is 15.2. The molecule has 6 heteroatoms. The number of furan rings is 1. The second kappa shape index (κ2) is 8.62. The summed E-state index contributed by atoms with van der Waals surface area (Å²) in [6.45, 7) is 1.93. The van der Waals surface area contributed by atoms with Crippen LogP contribution in [0.15, 0.2) is 71.3 Å². The number of carboxylic acid groups (broad SMARTS) is 1. The minimum atomic E-state index is -0.928. The van der Waals surface area contributed by atoms with E-state index in [0.29, 0.717) is 33.6 Å². The minimum absolute atomic E-state index is 0.128. The Kier molecular flexibility index (Phi) is 5.73. The highest BCUT2D eigenvalue weighted by atomic mass is 19.1. The van der Waals surface area contributed by atoms with Crippen LogP contribution in [0.2, 0.25) is 0 Å². The van der Waals surface area contributed by atoms with E-state index in [4.69, 9.17) is 20.0 Å². The molecule has 3 aromatic carbocycles. The zero-order chi connectivity index (χ0) is 22.0. The highest BCUT2D eigenvalue weighted by Gasteiger charge is 2.17. The maximum Gasteiger partial charge on any atom is 0.307 e. The van der Waals surface area contributed by atoms with Gasteiger partial charge in [-0.2, -0.15) is 0 Å². The summed E-state index contributed by atoms with van der Waals surface area (Å²) in [5, 5.41) is 9.93. The van der Waals surface area contributed by atoms with Crippen LogP contribution in [0.3, 0.4) is 0 Å². The van der Waals surface area contributed by atoms with E-state index in [2.05, 4.69) is 0 Å². The molecule has 158 valence electrons. The van der Waals surface area contributed by atoms with Crippen LogP contribution < -0.4 is 10.5 Å². The minimum Gasteiger partial charge on any atom is -0.489 e. The van der Waals surface area contributed by atoms with Gasteiger partial charge in [-0.3, -0.25) is 4.79 Å².